The Morgan fingerprint density at radius 2 is 1.72 bits per heavy atom. The van der Waals surface area contributed by atoms with Gasteiger partial charge in [0.25, 0.3) is 0 Å². The molecule has 1 aliphatic rings. The molecule has 1 saturated carbocycles. The van der Waals surface area contributed by atoms with E-state index in [-0.39, 0.29) is 0 Å². The van der Waals surface area contributed by atoms with Gasteiger partial charge in [0.2, 0.25) is 0 Å². The molecule has 0 saturated heterocycles. The molecule has 0 aromatic rings. The van der Waals surface area contributed by atoms with Crippen molar-refractivity contribution < 1.29 is 0 Å². The zero-order valence-electron chi connectivity index (χ0n) is 13.1. The van der Waals surface area contributed by atoms with Crippen LogP contribution in [-0.4, -0.2) is 61.7 Å². The normalized spacial score (nSPS) is 20.8. The molecule has 1 fully saturated rings. The summed E-state index contributed by atoms with van der Waals surface area (Å²) in [6, 6.07) is 2.05. The molecule has 1 N–H and O–H groups in total. The minimum atomic E-state index is 0.630. The van der Waals surface area contributed by atoms with Gasteiger partial charge in [0.1, 0.15) is 0 Å². The fraction of sp³-hybridized carbons (Fsp3) is 1.00. The second-order valence-corrected chi connectivity index (χ2v) is 6.18. The van der Waals surface area contributed by atoms with Crippen molar-refractivity contribution in [1.29, 1.82) is 0 Å². The molecular formula is C15H33N3. The molecule has 2 unspecified atom stereocenters. The second kappa shape index (κ2) is 8.13. The van der Waals surface area contributed by atoms with Gasteiger partial charge in [0.05, 0.1) is 0 Å². The van der Waals surface area contributed by atoms with E-state index >= 15 is 0 Å². The standard InChI is InChI=1S/C15H33N3/c1-6-18(14(3)12-17(4)5)13(2)11-16-15-9-7-8-10-15/h13-16H,6-12H2,1-5H3. The van der Waals surface area contributed by atoms with Crippen LogP contribution in [0.5, 0.6) is 0 Å². The van der Waals surface area contributed by atoms with Crippen LogP contribution in [0.3, 0.4) is 0 Å². The summed E-state index contributed by atoms with van der Waals surface area (Å²) >= 11 is 0. The molecule has 0 bridgehead atoms. The average molecular weight is 255 g/mol. The van der Waals surface area contributed by atoms with Gasteiger partial charge < -0.3 is 10.2 Å². The summed E-state index contributed by atoms with van der Waals surface area (Å²) in [6.07, 6.45) is 5.60. The molecule has 3 heteroatoms. The van der Waals surface area contributed by atoms with Crippen molar-refractivity contribution in [2.24, 2.45) is 0 Å². The summed E-state index contributed by atoms with van der Waals surface area (Å²) in [6.45, 7) is 10.4. The summed E-state index contributed by atoms with van der Waals surface area (Å²) in [5.74, 6) is 0. The van der Waals surface area contributed by atoms with Gasteiger partial charge in [-0.05, 0) is 47.3 Å². The number of nitrogens with zero attached hydrogens (tertiary/aromatic N) is 2. The van der Waals surface area contributed by atoms with Crippen LogP contribution >= 0.6 is 0 Å². The molecule has 1 rings (SSSR count). The minimum absolute atomic E-state index is 0.630. The maximum Gasteiger partial charge on any atom is 0.0197 e. The van der Waals surface area contributed by atoms with Gasteiger partial charge in [-0.15, -0.1) is 0 Å². The summed E-state index contributed by atoms with van der Waals surface area (Å²) < 4.78 is 0. The highest BCUT2D eigenvalue weighted by molar-refractivity contribution is 4.80. The zero-order valence-corrected chi connectivity index (χ0v) is 13.1. The van der Waals surface area contributed by atoms with Crippen molar-refractivity contribution >= 4 is 0 Å². The van der Waals surface area contributed by atoms with E-state index < -0.39 is 0 Å². The van der Waals surface area contributed by atoms with E-state index in [2.05, 4.69) is 50.0 Å². The Balaban J connectivity index is 2.32. The predicted molar refractivity (Wildman–Crippen MR) is 80.1 cm³/mol. The molecule has 0 aromatic heterocycles. The lowest BCUT2D eigenvalue weighted by molar-refractivity contribution is 0.133. The number of hydrogen-bond donors (Lipinski definition) is 1. The van der Waals surface area contributed by atoms with Gasteiger partial charge in [-0.1, -0.05) is 19.8 Å². The molecule has 0 spiro atoms. The highest BCUT2D eigenvalue weighted by Crippen LogP contribution is 2.17. The average Bonchev–Trinajstić information content (AvgIpc) is 2.79. The third-order valence-electron chi connectivity index (χ3n) is 4.18. The summed E-state index contributed by atoms with van der Waals surface area (Å²) in [7, 11) is 4.32. The number of likely N-dealkylation sites (N-methyl/N-ethyl adjacent to an activating group) is 2. The fourth-order valence-corrected chi connectivity index (χ4v) is 3.28. The Labute approximate surface area is 114 Å². The van der Waals surface area contributed by atoms with Crippen molar-refractivity contribution in [2.45, 2.75) is 64.6 Å². The molecule has 0 heterocycles. The lowest BCUT2D eigenvalue weighted by atomic mass is 10.1. The van der Waals surface area contributed by atoms with Crippen LogP contribution in [0.15, 0.2) is 0 Å². The molecular weight excluding hydrogens is 222 g/mol. The first-order valence-electron chi connectivity index (χ1n) is 7.68. The molecule has 1 aliphatic carbocycles. The van der Waals surface area contributed by atoms with E-state index in [9.17, 15) is 0 Å². The maximum absolute atomic E-state index is 3.75. The number of nitrogens with one attached hydrogen (secondary N) is 1. The largest absolute Gasteiger partial charge is 0.312 e. The van der Waals surface area contributed by atoms with E-state index in [1.54, 1.807) is 0 Å². The van der Waals surface area contributed by atoms with Crippen LogP contribution < -0.4 is 5.32 Å². The quantitative estimate of drug-likeness (QED) is 0.717. The zero-order chi connectivity index (χ0) is 13.5. The first-order valence-corrected chi connectivity index (χ1v) is 7.68. The molecule has 108 valence electrons. The third-order valence-corrected chi connectivity index (χ3v) is 4.18. The number of hydrogen-bond acceptors (Lipinski definition) is 3. The number of rotatable bonds is 8. The Bertz CT molecular complexity index is 212. The monoisotopic (exact) mass is 255 g/mol. The molecule has 0 radical (unpaired) electrons. The summed E-state index contributed by atoms with van der Waals surface area (Å²) in [4.78, 5) is 4.90. The van der Waals surface area contributed by atoms with Crippen molar-refractivity contribution in [3.8, 4) is 0 Å². The van der Waals surface area contributed by atoms with E-state index in [1.165, 1.54) is 25.7 Å². The molecule has 0 aromatic carbocycles. The van der Waals surface area contributed by atoms with E-state index in [1.807, 2.05) is 0 Å². The molecule has 0 aliphatic heterocycles. The van der Waals surface area contributed by atoms with Gasteiger partial charge >= 0.3 is 0 Å². The first kappa shape index (κ1) is 15.9. The van der Waals surface area contributed by atoms with Crippen molar-refractivity contribution in [3.63, 3.8) is 0 Å². The van der Waals surface area contributed by atoms with Crippen molar-refractivity contribution in [1.82, 2.24) is 15.1 Å². The van der Waals surface area contributed by atoms with Gasteiger partial charge in [0, 0.05) is 31.2 Å². The van der Waals surface area contributed by atoms with Gasteiger partial charge in [-0.2, -0.15) is 0 Å². The Hall–Kier alpha value is -0.120. The van der Waals surface area contributed by atoms with Crippen LogP contribution in [0.2, 0.25) is 0 Å². The van der Waals surface area contributed by atoms with Gasteiger partial charge in [-0.25, -0.2) is 0 Å². The lowest BCUT2D eigenvalue weighted by Gasteiger charge is -2.35. The van der Waals surface area contributed by atoms with Gasteiger partial charge in [-0.3, -0.25) is 4.90 Å². The molecule has 0 amide bonds. The van der Waals surface area contributed by atoms with Crippen LogP contribution in [0.4, 0.5) is 0 Å². The maximum atomic E-state index is 3.75. The third kappa shape index (κ3) is 5.25. The van der Waals surface area contributed by atoms with Crippen LogP contribution in [0.1, 0.15) is 46.5 Å². The predicted octanol–water partition coefficient (Wildman–Crippen LogP) is 2.18. The molecule has 2 atom stereocenters. The topological polar surface area (TPSA) is 18.5 Å². The SMILES string of the molecule is CCN(C(C)CNC1CCCC1)C(C)CN(C)C. The lowest BCUT2D eigenvalue weighted by Crippen LogP contribution is -2.49. The molecule has 3 nitrogen and oxygen atoms in total. The van der Waals surface area contributed by atoms with Crippen LogP contribution in [0.25, 0.3) is 0 Å². The van der Waals surface area contributed by atoms with Crippen LogP contribution in [-0.2, 0) is 0 Å². The highest BCUT2D eigenvalue weighted by Gasteiger charge is 2.21. The smallest absolute Gasteiger partial charge is 0.0197 e. The first-order chi connectivity index (χ1) is 8.54. The highest BCUT2D eigenvalue weighted by atomic mass is 15.2. The van der Waals surface area contributed by atoms with E-state index in [0.717, 1.165) is 25.7 Å². The van der Waals surface area contributed by atoms with E-state index in [0.29, 0.717) is 12.1 Å². The Morgan fingerprint density at radius 3 is 2.22 bits per heavy atom. The van der Waals surface area contributed by atoms with Gasteiger partial charge in [0.15, 0.2) is 0 Å². The summed E-state index contributed by atoms with van der Waals surface area (Å²) in [5.41, 5.74) is 0. The van der Waals surface area contributed by atoms with Crippen molar-refractivity contribution in [3.05, 3.63) is 0 Å². The second-order valence-electron chi connectivity index (χ2n) is 6.18. The van der Waals surface area contributed by atoms with Crippen LogP contribution in [0, 0.1) is 0 Å². The summed E-state index contributed by atoms with van der Waals surface area (Å²) in [5, 5.41) is 3.75. The minimum Gasteiger partial charge on any atom is -0.312 e. The van der Waals surface area contributed by atoms with E-state index in [4.69, 9.17) is 0 Å². The Morgan fingerprint density at radius 1 is 1.11 bits per heavy atom. The fourth-order valence-electron chi connectivity index (χ4n) is 3.28. The van der Waals surface area contributed by atoms with Crippen molar-refractivity contribution in [2.75, 3.05) is 33.7 Å². The molecule has 18 heavy (non-hydrogen) atoms. The Kier molecular flexibility index (Phi) is 7.20.